The fraction of sp³-hybridized carbons (Fsp3) is 0.137. The second-order valence-corrected chi connectivity index (χ2v) is 19.3. The van der Waals surface area contributed by atoms with E-state index in [0.717, 1.165) is 30.4 Å². The summed E-state index contributed by atoms with van der Waals surface area (Å²) in [5.41, 5.74) is 3.09. The average Bonchev–Trinajstić information content (AvgIpc) is 4.14. The zero-order valence-corrected chi connectivity index (χ0v) is 39.7. The molecule has 0 fully saturated rings. The van der Waals surface area contributed by atoms with Crippen LogP contribution in [0.4, 0.5) is 8.78 Å². The summed E-state index contributed by atoms with van der Waals surface area (Å²) >= 11 is 0. The second-order valence-electron chi connectivity index (χ2n) is 15.8. The molecule has 10 aromatic rings. The summed E-state index contributed by atoms with van der Waals surface area (Å²) in [6.07, 6.45) is 7.74. The van der Waals surface area contributed by atoms with Gasteiger partial charge >= 0.3 is 0 Å². The number of hydrogen-bond donors (Lipinski definition) is 4. The molecule has 17 nitrogen and oxygen atoms in total. The van der Waals surface area contributed by atoms with Crippen molar-refractivity contribution in [3.05, 3.63) is 179 Å². The number of ether oxygens (including phenoxy) is 1. The van der Waals surface area contributed by atoms with Crippen LogP contribution in [0.3, 0.4) is 0 Å². The molecule has 0 spiro atoms. The molecular formula is C51H50F2N6O11S2. The number of nitrogens with zero attached hydrogens (tertiary/aromatic N) is 3. The van der Waals surface area contributed by atoms with Gasteiger partial charge < -0.3 is 32.8 Å². The molecular weight excluding hydrogens is 975 g/mol. The lowest BCUT2D eigenvalue weighted by Crippen LogP contribution is -2.32. The number of fused-ring (bicyclic) bond motifs is 6. The SMILES string of the molecule is C.CO.COc1ncccc1-c1c(C(=O)NS(C)(=O)=O)n(Cc2ccccc2F)c2ccc3ccoc3c12.CS(=O)(=O)NC(=O)c1c(-c2ccc[nH]c2=O)c2c3occc3ccc2n1Cc1ccccc1F.[HH].[HH]. The van der Waals surface area contributed by atoms with Crippen LogP contribution in [-0.4, -0.2) is 79.6 Å². The molecule has 10 rings (SSSR count). The number of aromatic amines is 1. The number of aliphatic hydroxyl groups excluding tert-OH is 1. The summed E-state index contributed by atoms with van der Waals surface area (Å²) in [6, 6.07) is 29.4. The third-order valence-corrected chi connectivity index (χ3v) is 12.3. The topological polar surface area (TPSA) is 238 Å². The van der Waals surface area contributed by atoms with E-state index in [9.17, 15) is 40.0 Å². The summed E-state index contributed by atoms with van der Waals surface area (Å²) < 4.78 is 101. The molecule has 2 amide bonds. The van der Waals surface area contributed by atoms with Crippen LogP contribution in [0.1, 0.15) is 42.4 Å². The van der Waals surface area contributed by atoms with Crippen LogP contribution >= 0.6 is 0 Å². The maximum absolute atomic E-state index is 14.7. The van der Waals surface area contributed by atoms with Crippen LogP contribution in [0, 0.1) is 11.6 Å². The van der Waals surface area contributed by atoms with E-state index in [1.54, 1.807) is 95.7 Å². The Kier molecular flexibility index (Phi) is 14.9. The quantitative estimate of drug-likeness (QED) is 0.0952. The van der Waals surface area contributed by atoms with Gasteiger partial charge in [0.2, 0.25) is 25.9 Å². The van der Waals surface area contributed by atoms with Gasteiger partial charge in [-0.05, 0) is 72.8 Å². The Bertz CT molecular complexity index is 3980. The number of nitrogens with one attached hydrogen (secondary N) is 3. The van der Waals surface area contributed by atoms with Crippen molar-refractivity contribution in [3.8, 4) is 28.1 Å². The predicted molar refractivity (Wildman–Crippen MR) is 274 cm³/mol. The van der Waals surface area contributed by atoms with Gasteiger partial charge in [-0.3, -0.25) is 14.4 Å². The molecule has 4 aromatic carbocycles. The number of carbonyl (C=O) groups excluding carboxylic acids is 2. The van der Waals surface area contributed by atoms with Gasteiger partial charge in [0.05, 0.1) is 72.6 Å². The highest BCUT2D eigenvalue weighted by molar-refractivity contribution is 7.89. The van der Waals surface area contributed by atoms with Gasteiger partial charge in [-0.15, -0.1) is 0 Å². The highest BCUT2D eigenvalue weighted by atomic mass is 32.2. The van der Waals surface area contributed by atoms with Gasteiger partial charge in [-0.1, -0.05) is 43.8 Å². The van der Waals surface area contributed by atoms with Crippen molar-refractivity contribution in [3.63, 3.8) is 0 Å². The Morgan fingerprint density at radius 3 is 1.58 bits per heavy atom. The van der Waals surface area contributed by atoms with Crippen molar-refractivity contribution >= 4 is 75.6 Å². The molecule has 0 aliphatic rings. The van der Waals surface area contributed by atoms with E-state index in [2.05, 4.69) is 14.7 Å². The van der Waals surface area contributed by atoms with Crippen molar-refractivity contribution in [2.24, 2.45) is 0 Å². The number of rotatable bonds is 11. The normalized spacial score (nSPS) is 11.4. The van der Waals surface area contributed by atoms with Crippen LogP contribution < -0.4 is 19.7 Å². The number of aliphatic hydroxyl groups is 1. The highest BCUT2D eigenvalue weighted by Crippen LogP contribution is 2.43. The van der Waals surface area contributed by atoms with E-state index in [-0.39, 0.29) is 57.3 Å². The third kappa shape index (κ3) is 10.1. The molecule has 0 unspecified atom stereocenters. The average molecular weight is 1030 g/mol. The fourth-order valence-corrected chi connectivity index (χ4v) is 9.31. The van der Waals surface area contributed by atoms with Gasteiger partial charge in [0.15, 0.2) is 0 Å². The van der Waals surface area contributed by atoms with E-state index in [0.29, 0.717) is 49.7 Å². The van der Waals surface area contributed by atoms with Gasteiger partial charge in [0.25, 0.3) is 17.4 Å². The van der Waals surface area contributed by atoms with Crippen molar-refractivity contribution in [2.45, 2.75) is 20.5 Å². The zero-order chi connectivity index (χ0) is 50.8. The predicted octanol–water partition coefficient (Wildman–Crippen LogP) is 8.69. The molecule has 21 heteroatoms. The number of hydrogen-bond acceptors (Lipinski definition) is 12. The van der Waals surface area contributed by atoms with Crippen LogP contribution in [-0.2, 0) is 33.1 Å². The molecule has 0 aliphatic heterocycles. The monoisotopic (exact) mass is 1020 g/mol. The second kappa shape index (κ2) is 20.9. The summed E-state index contributed by atoms with van der Waals surface area (Å²) in [7, 11) is -5.41. The number of H-pyrrole nitrogens is 1. The number of halogens is 2. The van der Waals surface area contributed by atoms with E-state index in [1.807, 2.05) is 10.8 Å². The minimum Gasteiger partial charge on any atom is -0.481 e. The number of pyridine rings is 2. The Labute approximate surface area is 413 Å². The lowest BCUT2D eigenvalue weighted by atomic mass is 10.0. The molecule has 4 N–H and O–H groups in total. The first-order valence-electron chi connectivity index (χ1n) is 21.2. The standard InChI is InChI=1S/C25H20FN3O5S.C24H18FN3O5S.CH4O.CH4.2H2/c1-33-25-17(7-5-12-27-25)20-21-19(10-9-15-11-13-34-23(15)21)29(14-16-6-3-4-8-18(16)26)22(20)24(30)28-35(2,31)32;1-34(31,32)27-24(30)21-19(16-6-4-11-26-23(16)29)20-18(9-8-14-10-12-33-22(14)20)28(21)13-15-5-2-3-7-17(15)25;1-2;;;/h3-13H,14H2,1-2H3,(H,28,30);2-12H,13H2,1H3,(H,26,29)(H,27,30);2H,1H3;1H4;2*1H. The van der Waals surface area contributed by atoms with E-state index in [1.165, 1.54) is 48.6 Å². The minimum absolute atomic E-state index is 0. The molecule has 6 aromatic heterocycles. The Balaban J connectivity index is 0.000000255. The molecule has 0 saturated heterocycles. The molecule has 376 valence electrons. The lowest BCUT2D eigenvalue weighted by molar-refractivity contribution is 0.0965. The first-order valence-corrected chi connectivity index (χ1v) is 25.0. The number of amides is 2. The minimum atomic E-state index is -3.94. The van der Waals surface area contributed by atoms with Crippen molar-refractivity contribution < 1.29 is 56.7 Å². The third-order valence-electron chi connectivity index (χ3n) is 11.2. The number of methoxy groups -OCH3 is 1. The van der Waals surface area contributed by atoms with Crippen molar-refractivity contribution in [2.75, 3.05) is 26.7 Å². The Morgan fingerprint density at radius 1 is 0.681 bits per heavy atom. The molecule has 0 bridgehead atoms. The number of sulfonamides is 2. The largest absolute Gasteiger partial charge is 0.481 e. The van der Waals surface area contributed by atoms with Crippen molar-refractivity contribution in [1.82, 2.24) is 28.5 Å². The molecule has 0 saturated carbocycles. The summed E-state index contributed by atoms with van der Waals surface area (Å²) in [5.74, 6) is -2.54. The van der Waals surface area contributed by atoms with Crippen LogP contribution in [0.15, 0.2) is 148 Å². The highest BCUT2D eigenvalue weighted by Gasteiger charge is 2.32. The summed E-state index contributed by atoms with van der Waals surface area (Å²) in [6.45, 7) is -0.128. The number of carbonyl (C=O) groups is 2. The Morgan fingerprint density at radius 2 is 1.14 bits per heavy atom. The van der Waals surface area contributed by atoms with Crippen LogP contribution in [0.25, 0.3) is 66.0 Å². The zero-order valence-electron chi connectivity index (χ0n) is 38.1. The first-order chi connectivity index (χ1) is 34.0. The molecule has 0 aliphatic carbocycles. The van der Waals surface area contributed by atoms with Gasteiger partial charge in [0, 0.05) is 60.9 Å². The van der Waals surface area contributed by atoms with Gasteiger partial charge in [0.1, 0.15) is 34.2 Å². The molecule has 0 atom stereocenters. The number of benzene rings is 4. The van der Waals surface area contributed by atoms with Gasteiger partial charge in [-0.2, -0.15) is 0 Å². The molecule has 72 heavy (non-hydrogen) atoms. The summed E-state index contributed by atoms with van der Waals surface area (Å²) in [5, 5.41) is 9.49. The lowest BCUT2D eigenvalue weighted by Gasteiger charge is -2.13. The summed E-state index contributed by atoms with van der Waals surface area (Å²) in [4.78, 5) is 46.5. The van der Waals surface area contributed by atoms with E-state index in [4.69, 9.17) is 18.7 Å². The fourth-order valence-electron chi connectivity index (χ4n) is 8.44. The van der Waals surface area contributed by atoms with Gasteiger partial charge in [-0.25, -0.2) is 40.0 Å². The van der Waals surface area contributed by atoms with Crippen LogP contribution in [0.2, 0.25) is 0 Å². The number of aromatic nitrogens is 4. The van der Waals surface area contributed by atoms with E-state index >= 15 is 0 Å². The molecule has 0 radical (unpaired) electrons. The maximum atomic E-state index is 14.7. The Hall–Kier alpha value is -8.40. The first kappa shape index (κ1) is 51.5. The van der Waals surface area contributed by atoms with E-state index < -0.39 is 49.1 Å². The maximum Gasteiger partial charge on any atom is 0.282 e. The van der Waals surface area contributed by atoms with Crippen LogP contribution in [0.5, 0.6) is 5.88 Å². The van der Waals surface area contributed by atoms with Crippen molar-refractivity contribution in [1.29, 1.82) is 0 Å². The molecule has 6 heterocycles. The number of furan rings is 2. The smallest absolute Gasteiger partial charge is 0.282 e.